The maximum atomic E-state index is 12.8. The van der Waals surface area contributed by atoms with Gasteiger partial charge >= 0.3 is 0 Å². The molecule has 1 aromatic carbocycles. The molecule has 2 aliphatic rings. The van der Waals surface area contributed by atoms with Crippen molar-refractivity contribution in [1.29, 1.82) is 0 Å². The van der Waals surface area contributed by atoms with Crippen LogP contribution in [0.15, 0.2) is 18.2 Å². The van der Waals surface area contributed by atoms with Crippen molar-refractivity contribution in [3.63, 3.8) is 0 Å². The van der Waals surface area contributed by atoms with Crippen LogP contribution in [0.2, 0.25) is 5.02 Å². The van der Waals surface area contributed by atoms with Crippen molar-refractivity contribution >= 4 is 29.1 Å². The van der Waals surface area contributed by atoms with Crippen LogP contribution in [0.5, 0.6) is 5.75 Å². The maximum Gasteiger partial charge on any atom is 0.227 e. The number of amides is 2. The molecule has 6 nitrogen and oxygen atoms in total. The molecule has 0 radical (unpaired) electrons. The number of carbonyl (C=O) groups is 2. The maximum absolute atomic E-state index is 12.8. The molecule has 1 atom stereocenters. The second-order valence-corrected chi connectivity index (χ2v) is 8.74. The molecule has 2 amide bonds. The molecule has 1 aromatic rings. The summed E-state index contributed by atoms with van der Waals surface area (Å²) in [5.41, 5.74) is 0.526. The highest BCUT2D eigenvalue weighted by Gasteiger charge is 2.37. The Kier molecular flexibility index (Phi) is 6.50. The Morgan fingerprint density at radius 1 is 1.29 bits per heavy atom. The fraction of sp³-hybridized carbons (Fsp3) is 0.619. The van der Waals surface area contributed by atoms with Gasteiger partial charge in [0, 0.05) is 30.1 Å². The number of carbonyl (C=O) groups excluding carboxylic acids is 2. The van der Waals surface area contributed by atoms with Gasteiger partial charge in [0.2, 0.25) is 11.8 Å². The first-order chi connectivity index (χ1) is 13.3. The topological polar surface area (TPSA) is 61.9 Å². The fourth-order valence-corrected chi connectivity index (χ4v) is 4.22. The van der Waals surface area contributed by atoms with E-state index in [2.05, 4.69) is 24.1 Å². The Hall–Kier alpha value is -1.79. The first-order valence-electron chi connectivity index (χ1n) is 9.98. The van der Waals surface area contributed by atoms with E-state index in [0.717, 1.165) is 13.1 Å². The highest BCUT2D eigenvalue weighted by atomic mass is 35.5. The van der Waals surface area contributed by atoms with Crippen LogP contribution < -0.4 is 15.0 Å². The van der Waals surface area contributed by atoms with Crippen molar-refractivity contribution in [2.75, 3.05) is 38.2 Å². The average molecular weight is 408 g/mol. The SMILES string of the molecule is COc1ccc(Cl)cc1N1CC(C(=O)NCC(C)(C)N2CCCCC2)CC1=O. The van der Waals surface area contributed by atoms with Crippen LogP contribution in [0.3, 0.4) is 0 Å². The van der Waals surface area contributed by atoms with Gasteiger partial charge in [-0.25, -0.2) is 0 Å². The van der Waals surface area contributed by atoms with E-state index < -0.39 is 0 Å². The lowest BCUT2D eigenvalue weighted by atomic mass is 9.98. The summed E-state index contributed by atoms with van der Waals surface area (Å²) in [5.74, 6) is 0.0521. The minimum Gasteiger partial charge on any atom is -0.495 e. The van der Waals surface area contributed by atoms with Crippen molar-refractivity contribution in [3.05, 3.63) is 23.2 Å². The largest absolute Gasteiger partial charge is 0.495 e. The molecule has 0 aliphatic carbocycles. The van der Waals surface area contributed by atoms with Gasteiger partial charge in [0.25, 0.3) is 0 Å². The average Bonchev–Trinajstić information content (AvgIpc) is 3.08. The Morgan fingerprint density at radius 3 is 2.68 bits per heavy atom. The number of anilines is 1. The van der Waals surface area contributed by atoms with Crippen molar-refractivity contribution in [2.24, 2.45) is 5.92 Å². The van der Waals surface area contributed by atoms with E-state index in [1.165, 1.54) is 19.3 Å². The number of piperidine rings is 1. The van der Waals surface area contributed by atoms with Gasteiger partial charge in [-0.2, -0.15) is 0 Å². The molecule has 2 saturated heterocycles. The quantitative estimate of drug-likeness (QED) is 0.787. The number of halogens is 1. The zero-order valence-electron chi connectivity index (χ0n) is 17.0. The van der Waals surface area contributed by atoms with Gasteiger partial charge < -0.3 is 15.0 Å². The molecule has 1 unspecified atom stereocenters. The van der Waals surface area contributed by atoms with Crippen LogP contribution in [-0.4, -0.2) is 55.5 Å². The molecular weight excluding hydrogens is 378 g/mol. The molecule has 1 N–H and O–H groups in total. The summed E-state index contributed by atoms with van der Waals surface area (Å²) in [6.45, 7) is 7.41. The van der Waals surface area contributed by atoms with Crippen LogP contribution in [0.25, 0.3) is 0 Å². The van der Waals surface area contributed by atoms with Crippen LogP contribution >= 0.6 is 11.6 Å². The molecule has 0 bridgehead atoms. The summed E-state index contributed by atoms with van der Waals surface area (Å²) in [5, 5.41) is 3.61. The molecule has 0 aromatic heterocycles. The number of hydrogen-bond donors (Lipinski definition) is 1. The van der Waals surface area contributed by atoms with Gasteiger partial charge in [-0.15, -0.1) is 0 Å². The van der Waals surface area contributed by atoms with Gasteiger partial charge in [-0.1, -0.05) is 18.0 Å². The highest BCUT2D eigenvalue weighted by molar-refractivity contribution is 6.31. The van der Waals surface area contributed by atoms with E-state index in [9.17, 15) is 9.59 Å². The number of rotatable bonds is 6. The van der Waals surface area contributed by atoms with Gasteiger partial charge in [0.05, 0.1) is 18.7 Å². The fourth-order valence-electron chi connectivity index (χ4n) is 4.05. The number of methoxy groups -OCH3 is 1. The molecule has 0 saturated carbocycles. The molecule has 0 spiro atoms. The number of benzene rings is 1. The Bertz CT molecular complexity index is 732. The second kappa shape index (κ2) is 8.70. The summed E-state index contributed by atoms with van der Waals surface area (Å²) in [7, 11) is 1.56. The monoisotopic (exact) mass is 407 g/mol. The third-order valence-corrected chi connectivity index (χ3v) is 6.07. The molecule has 28 heavy (non-hydrogen) atoms. The normalized spacial score (nSPS) is 21.1. The van der Waals surface area contributed by atoms with E-state index in [1.807, 2.05) is 0 Å². The number of nitrogens with one attached hydrogen (secondary N) is 1. The lowest BCUT2D eigenvalue weighted by molar-refractivity contribution is -0.126. The van der Waals surface area contributed by atoms with E-state index in [-0.39, 0.29) is 29.7 Å². The minimum atomic E-state index is -0.367. The molecule has 2 fully saturated rings. The van der Waals surface area contributed by atoms with E-state index in [0.29, 0.717) is 29.5 Å². The van der Waals surface area contributed by atoms with Crippen LogP contribution in [0.1, 0.15) is 39.5 Å². The van der Waals surface area contributed by atoms with Gasteiger partial charge in [0.15, 0.2) is 0 Å². The van der Waals surface area contributed by atoms with Gasteiger partial charge in [0.1, 0.15) is 5.75 Å². The van der Waals surface area contributed by atoms with Crippen molar-refractivity contribution in [2.45, 2.75) is 45.1 Å². The number of nitrogens with zero attached hydrogens (tertiary/aromatic N) is 2. The molecule has 7 heteroatoms. The minimum absolute atomic E-state index is 0.0677. The highest BCUT2D eigenvalue weighted by Crippen LogP contribution is 2.35. The van der Waals surface area contributed by atoms with E-state index in [1.54, 1.807) is 30.2 Å². The van der Waals surface area contributed by atoms with E-state index in [4.69, 9.17) is 16.3 Å². The summed E-state index contributed by atoms with van der Waals surface area (Å²) in [4.78, 5) is 29.4. The first-order valence-corrected chi connectivity index (χ1v) is 10.4. The third-order valence-electron chi connectivity index (χ3n) is 5.83. The predicted octanol–water partition coefficient (Wildman–Crippen LogP) is 3.08. The van der Waals surface area contributed by atoms with Crippen LogP contribution in [-0.2, 0) is 9.59 Å². The molecular formula is C21H30ClN3O3. The first kappa shape index (κ1) is 20.9. The van der Waals surface area contributed by atoms with Crippen molar-refractivity contribution in [3.8, 4) is 5.75 Å². The molecule has 2 aliphatic heterocycles. The number of hydrogen-bond acceptors (Lipinski definition) is 4. The predicted molar refractivity (Wildman–Crippen MR) is 111 cm³/mol. The smallest absolute Gasteiger partial charge is 0.227 e. The zero-order chi connectivity index (χ0) is 20.3. The molecule has 154 valence electrons. The van der Waals surface area contributed by atoms with Crippen molar-refractivity contribution < 1.29 is 14.3 Å². The lowest BCUT2D eigenvalue weighted by Crippen LogP contribution is -2.54. The summed E-state index contributed by atoms with van der Waals surface area (Å²) < 4.78 is 5.36. The second-order valence-electron chi connectivity index (χ2n) is 8.30. The van der Waals surface area contributed by atoms with Crippen LogP contribution in [0.4, 0.5) is 5.69 Å². The Morgan fingerprint density at radius 2 is 2.00 bits per heavy atom. The van der Waals surface area contributed by atoms with Crippen LogP contribution in [0, 0.1) is 5.92 Å². The standard InChI is InChI=1S/C21H30ClN3O3/c1-21(2,24-9-5-4-6-10-24)14-23-20(27)15-11-19(26)25(13-15)17-12-16(22)7-8-18(17)28-3/h7-8,12,15H,4-6,9-11,13-14H2,1-3H3,(H,23,27). The van der Waals surface area contributed by atoms with Gasteiger partial charge in [-0.05, 0) is 58.0 Å². The molecule has 2 heterocycles. The summed E-state index contributed by atoms with van der Waals surface area (Å²) in [6.07, 6.45) is 3.91. The Balaban J connectivity index is 1.62. The van der Waals surface area contributed by atoms with Crippen molar-refractivity contribution in [1.82, 2.24) is 10.2 Å². The Labute approximate surface area is 172 Å². The molecule has 3 rings (SSSR count). The summed E-state index contributed by atoms with van der Waals surface area (Å²) in [6, 6.07) is 5.16. The number of ether oxygens (including phenoxy) is 1. The lowest BCUT2D eigenvalue weighted by Gasteiger charge is -2.41. The van der Waals surface area contributed by atoms with E-state index >= 15 is 0 Å². The third kappa shape index (κ3) is 4.61. The van der Waals surface area contributed by atoms with Gasteiger partial charge in [-0.3, -0.25) is 14.5 Å². The summed E-state index contributed by atoms with van der Waals surface area (Å²) >= 11 is 6.10. The zero-order valence-corrected chi connectivity index (χ0v) is 17.7. The number of likely N-dealkylation sites (tertiary alicyclic amines) is 1.